The highest BCUT2D eigenvalue weighted by molar-refractivity contribution is 5.94. The highest BCUT2D eigenvalue weighted by Gasteiger charge is 2.20. The monoisotopic (exact) mass is 397 g/mol. The molecule has 0 aromatic carbocycles. The van der Waals surface area contributed by atoms with Gasteiger partial charge in [-0.3, -0.25) is 9.69 Å². The van der Waals surface area contributed by atoms with Crippen LogP contribution in [-0.2, 0) is 4.74 Å². The molecule has 1 N–H and O–H groups in total. The SMILES string of the molecule is O=C(NCCN1CCOCC1)c1ccc(N2CCN(c3ncccn3)CC2)nc1. The lowest BCUT2D eigenvalue weighted by atomic mass is 10.2. The molecule has 0 spiro atoms. The first-order valence-electron chi connectivity index (χ1n) is 10.1. The third-order valence-electron chi connectivity index (χ3n) is 5.27. The van der Waals surface area contributed by atoms with Crippen molar-refractivity contribution < 1.29 is 9.53 Å². The van der Waals surface area contributed by atoms with Gasteiger partial charge in [-0.25, -0.2) is 15.0 Å². The fraction of sp³-hybridized carbons (Fsp3) is 0.500. The van der Waals surface area contributed by atoms with Gasteiger partial charge in [0.15, 0.2) is 0 Å². The maximum absolute atomic E-state index is 12.3. The number of anilines is 2. The Morgan fingerprint density at radius 2 is 1.69 bits per heavy atom. The zero-order valence-corrected chi connectivity index (χ0v) is 16.5. The van der Waals surface area contributed by atoms with Gasteiger partial charge in [0, 0.05) is 70.9 Å². The molecule has 0 saturated carbocycles. The topological polar surface area (TPSA) is 86.7 Å². The standard InChI is InChI=1S/C20H27N7O2/c28-19(21-6-7-25-12-14-29-15-13-25)17-2-3-18(24-16-17)26-8-10-27(11-9-26)20-22-4-1-5-23-20/h1-5,16H,6-15H2,(H,21,28). The summed E-state index contributed by atoms with van der Waals surface area (Å²) in [5, 5.41) is 2.97. The van der Waals surface area contributed by atoms with Gasteiger partial charge in [-0.05, 0) is 18.2 Å². The minimum absolute atomic E-state index is 0.0802. The van der Waals surface area contributed by atoms with E-state index < -0.39 is 0 Å². The summed E-state index contributed by atoms with van der Waals surface area (Å²) < 4.78 is 5.34. The molecule has 0 radical (unpaired) electrons. The second-order valence-electron chi connectivity index (χ2n) is 7.14. The Labute approximate surface area is 170 Å². The number of ether oxygens (including phenoxy) is 1. The molecule has 2 saturated heterocycles. The highest BCUT2D eigenvalue weighted by Crippen LogP contribution is 2.16. The summed E-state index contributed by atoms with van der Waals surface area (Å²) >= 11 is 0. The van der Waals surface area contributed by atoms with Crippen LogP contribution in [0.4, 0.5) is 11.8 Å². The molecule has 154 valence electrons. The second-order valence-corrected chi connectivity index (χ2v) is 7.14. The van der Waals surface area contributed by atoms with Gasteiger partial charge in [-0.2, -0.15) is 0 Å². The number of amides is 1. The third-order valence-corrected chi connectivity index (χ3v) is 5.27. The largest absolute Gasteiger partial charge is 0.379 e. The molecule has 2 aliphatic heterocycles. The Morgan fingerprint density at radius 1 is 0.966 bits per heavy atom. The fourth-order valence-corrected chi connectivity index (χ4v) is 3.55. The van der Waals surface area contributed by atoms with Crippen molar-refractivity contribution in [1.82, 2.24) is 25.2 Å². The van der Waals surface area contributed by atoms with Crippen molar-refractivity contribution in [2.75, 3.05) is 75.4 Å². The average Bonchev–Trinajstić information content (AvgIpc) is 2.80. The van der Waals surface area contributed by atoms with E-state index in [0.717, 1.165) is 70.8 Å². The average molecular weight is 397 g/mol. The van der Waals surface area contributed by atoms with E-state index in [9.17, 15) is 4.79 Å². The van der Waals surface area contributed by atoms with Crippen molar-refractivity contribution in [3.05, 3.63) is 42.4 Å². The lowest BCUT2D eigenvalue weighted by Crippen LogP contribution is -2.47. The molecule has 0 unspecified atom stereocenters. The van der Waals surface area contributed by atoms with Gasteiger partial charge in [0.25, 0.3) is 5.91 Å². The van der Waals surface area contributed by atoms with Crippen LogP contribution in [0.15, 0.2) is 36.8 Å². The van der Waals surface area contributed by atoms with Crippen molar-refractivity contribution >= 4 is 17.7 Å². The first kappa shape index (κ1) is 19.5. The van der Waals surface area contributed by atoms with E-state index in [2.05, 4.69) is 35.0 Å². The number of piperazine rings is 1. The zero-order chi connectivity index (χ0) is 19.9. The fourth-order valence-electron chi connectivity index (χ4n) is 3.55. The van der Waals surface area contributed by atoms with E-state index in [1.165, 1.54) is 0 Å². The van der Waals surface area contributed by atoms with E-state index in [4.69, 9.17) is 4.74 Å². The number of hydrogen-bond acceptors (Lipinski definition) is 8. The number of pyridine rings is 1. The Morgan fingerprint density at radius 3 is 2.38 bits per heavy atom. The minimum Gasteiger partial charge on any atom is -0.379 e. The summed E-state index contributed by atoms with van der Waals surface area (Å²) in [6.07, 6.45) is 5.19. The molecule has 1 amide bonds. The number of aromatic nitrogens is 3. The molecule has 4 rings (SSSR count). The van der Waals surface area contributed by atoms with Gasteiger partial charge < -0.3 is 19.9 Å². The molecule has 0 bridgehead atoms. The first-order valence-corrected chi connectivity index (χ1v) is 10.1. The number of hydrogen-bond donors (Lipinski definition) is 1. The van der Waals surface area contributed by atoms with Crippen molar-refractivity contribution in [2.45, 2.75) is 0 Å². The summed E-state index contributed by atoms with van der Waals surface area (Å²) in [7, 11) is 0. The number of carbonyl (C=O) groups is 1. The lowest BCUT2D eigenvalue weighted by molar-refractivity contribution is 0.0383. The maximum atomic E-state index is 12.3. The van der Waals surface area contributed by atoms with Crippen LogP contribution in [0.1, 0.15) is 10.4 Å². The Balaban J connectivity index is 1.24. The number of nitrogens with zero attached hydrogens (tertiary/aromatic N) is 6. The van der Waals surface area contributed by atoms with E-state index in [0.29, 0.717) is 12.1 Å². The molecule has 2 aromatic heterocycles. The molecule has 29 heavy (non-hydrogen) atoms. The number of carbonyl (C=O) groups excluding carboxylic acids is 1. The van der Waals surface area contributed by atoms with E-state index in [-0.39, 0.29) is 5.91 Å². The molecule has 2 fully saturated rings. The van der Waals surface area contributed by atoms with Gasteiger partial charge in [0.2, 0.25) is 5.95 Å². The summed E-state index contributed by atoms with van der Waals surface area (Å²) in [5.74, 6) is 1.58. The highest BCUT2D eigenvalue weighted by atomic mass is 16.5. The number of nitrogens with one attached hydrogen (secondary N) is 1. The van der Waals surface area contributed by atoms with Crippen molar-refractivity contribution in [2.24, 2.45) is 0 Å². The predicted molar refractivity (Wildman–Crippen MR) is 110 cm³/mol. The zero-order valence-electron chi connectivity index (χ0n) is 16.5. The Kier molecular flexibility index (Phi) is 6.48. The lowest BCUT2D eigenvalue weighted by Gasteiger charge is -2.35. The predicted octanol–water partition coefficient (Wildman–Crippen LogP) is 0.260. The van der Waals surface area contributed by atoms with Crippen molar-refractivity contribution in [3.8, 4) is 0 Å². The summed E-state index contributed by atoms with van der Waals surface area (Å²) in [6.45, 7) is 8.24. The normalized spacial score (nSPS) is 17.9. The number of morpholine rings is 1. The van der Waals surface area contributed by atoms with Crippen molar-refractivity contribution in [1.29, 1.82) is 0 Å². The molecular weight excluding hydrogens is 370 g/mol. The molecular formula is C20H27N7O2. The molecule has 2 aliphatic rings. The first-order chi connectivity index (χ1) is 14.3. The molecule has 0 atom stereocenters. The van der Waals surface area contributed by atoms with E-state index in [1.807, 2.05) is 18.2 Å². The van der Waals surface area contributed by atoms with Crippen LogP contribution in [0.5, 0.6) is 0 Å². The van der Waals surface area contributed by atoms with Gasteiger partial charge in [0.05, 0.1) is 18.8 Å². The van der Waals surface area contributed by atoms with Crippen LogP contribution in [0.25, 0.3) is 0 Å². The maximum Gasteiger partial charge on any atom is 0.252 e. The molecule has 2 aromatic rings. The molecule has 9 heteroatoms. The summed E-state index contributed by atoms with van der Waals surface area (Å²) in [5.41, 5.74) is 0.590. The third kappa shape index (κ3) is 5.18. The number of rotatable bonds is 6. The van der Waals surface area contributed by atoms with Gasteiger partial charge in [0.1, 0.15) is 5.82 Å². The van der Waals surface area contributed by atoms with Crippen molar-refractivity contribution in [3.63, 3.8) is 0 Å². The molecule has 4 heterocycles. The molecule has 9 nitrogen and oxygen atoms in total. The second kappa shape index (κ2) is 9.62. The smallest absolute Gasteiger partial charge is 0.252 e. The van der Waals surface area contributed by atoms with Crippen LogP contribution in [0.2, 0.25) is 0 Å². The summed E-state index contributed by atoms with van der Waals surface area (Å²) in [4.78, 5) is 32.2. The van der Waals surface area contributed by atoms with Crippen LogP contribution >= 0.6 is 0 Å². The van der Waals surface area contributed by atoms with Crippen LogP contribution < -0.4 is 15.1 Å². The quantitative estimate of drug-likeness (QED) is 0.743. The van der Waals surface area contributed by atoms with Crippen LogP contribution in [-0.4, -0.2) is 91.3 Å². The Bertz CT molecular complexity index is 773. The molecule has 0 aliphatic carbocycles. The minimum atomic E-state index is -0.0802. The van der Waals surface area contributed by atoms with Crippen LogP contribution in [0.3, 0.4) is 0 Å². The van der Waals surface area contributed by atoms with Gasteiger partial charge >= 0.3 is 0 Å². The van der Waals surface area contributed by atoms with E-state index in [1.54, 1.807) is 18.6 Å². The Hall–Kier alpha value is -2.78. The van der Waals surface area contributed by atoms with E-state index >= 15 is 0 Å². The van der Waals surface area contributed by atoms with Gasteiger partial charge in [-0.1, -0.05) is 0 Å². The van der Waals surface area contributed by atoms with Gasteiger partial charge in [-0.15, -0.1) is 0 Å². The summed E-state index contributed by atoms with van der Waals surface area (Å²) in [6, 6.07) is 5.59. The van der Waals surface area contributed by atoms with Crippen LogP contribution in [0, 0.1) is 0 Å².